The van der Waals surface area contributed by atoms with E-state index in [0.29, 0.717) is 20.1 Å². The Bertz CT molecular complexity index is 1210. The summed E-state index contributed by atoms with van der Waals surface area (Å²) in [5.74, 6) is -0.626. The Kier molecular flexibility index (Phi) is 9.62. The lowest BCUT2D eigenvalue weighted by Crippen LogP contribution is -2.29. The van der Waals surface area contributed by atoms with Gasteiger partial charge in [-0.2, -0.15) is 0 Å². The van der Waals surface area contributed by atoms with E-state index in [4.69, 9.17) is 55.9 Å². The average molecular weight is 588 g/mol. The number of hydrogen-bond donors (Lipinski definition) is 0. The molecule has 0 spiro atoms. The first-order valence-electron chi connectivity index (χ1n) is 12.1. The maximum atomic E-state index is 13.1. The van der Waals surface area contributed by atoms with Crippen LogP contribution in [0.4, 0.5) is 4.79 Å². The first kappa shape index (κ1) is 28.3. The highest BCUT2D eigenvalue weighted by Gasteiger charge is 2.29. The van der Waals surface area contributed by atoms with E-state index in [1.807, 2.05) is 86.6 Å². The van der Waals surface area contributed by atoms with Gasteiger partial charge in [-0.15, -0.1) is 0 Å². The predicted molar refractivity (Wildman–Crippen MR) is 156 cm³/mol. The lowest BCUT2D eigenvalue weighted by atomic mass is 9.87. The van der Waals surface area contributed by atoms with Crippen LogP contribution in [0.15, 0.2) is 97.1 Å². The zero-order chi connectivity index (χ0) is 27.2. The quantitative estimate of drug-likeness (QED) is 0.192. The van der Waals surface area contributed by atoms with E-state index in [9.17, 15) is 4.79 Å². The van der Waals surface area contributed by atoms with Gasteiger partial charge in [0.25, 0.3) is 0 Å². The number of hydrogen-bond acceptors (Lipinski definition) is 3. The molecule has 2 unspecified atom stereocenters. The third-order valence-electron chi connectivity index (χ3n) is 6.33. The standard InChI is InChI=1S/C31H26Cl4O3/c1-19(29(21-7-3-11-25(32)15-21)22-8-4-12-26(33)16-22)37-31(36)38-20(2)30(23-9-5-13-27(34)17-23)24-10-6-14-28(35)18-24/h3-20,29-30H,1-2H3. The molecule has 4 aromatic rings. The third-order valence-corrected chi connectivity index (χ3v) is 7.27. The summed E-state index contributed by atoms with van der Waals surface area (Å²) in [7, 11) is 0. The SMILES string of the molecule is CC(OC(=O)OC(C)C(c1cccc(Cl)c1)c1cccc(Cl)c1)C(c1cccc(Cl)c1)c1cccc(Cl)c1. The molecule has 7 heteroatoms. The minimum Gasteiger partial charge on any atom is -0.430 e. The number of ether oxygens (including phenoxy) is 2. The molecule has 0 saturated heterocycles. The fourth-order valence-corrected chi connectivity index (χ4v) is 5.53. The van der Waals surface area contributed by atoms with Gasteiger partial charge in [0.05, 0.1) is 0 Å². The second-order valence-corrected chi connectivity index (χ2v) is 10.8. The van der Waals surface area contributed by atoms with Gasteiger partial charge in [-0.25, -0.2) is 4.79 Å². The first-order valence-corrected chi connectivity index (χ1v) is 13.6. The van der Waals surface area contributed by atoms with Crippen LogP contribution in [0, 0.1) is 0 Å². The largest absolute Gasteiger partial charge is 0.508 e. The lowest BCUT2D eigenvalue weighted by Gasteiger charge is -2.28. The van der Waals surface area contributed by atoms with Crippen LogP contribution in [0.2, 0.25) is 20.1 Å². The number of carbonyl (C=O) groups excluding carboxylic acids is 1. The monoisotopic (exact) mass is 586 g/mol. The minimum absolute atomic E-state index is 0.313. The van der Waals surface area contributed by atoms with Crippen molar-refractivity contribution in [2.24, 2.45) is 0 Å². The summed E-state index contributed by atoms with van der Waals surface area (Å²) in [5.41, 5.74) is 3.57. The molecule has 0 aliphatic carbocycles. The Morgan fingerprint density at radius 2 is 0.789 bits per heavy atom. The molecule has 4 rings (SSSR count). The van der Waals surface area contributed by atoms with Crippen molar-refractivity contribution in [1.82, 2.24) is 0 Å². The summed E-state index contributed by atoms with van der Waals surface area (Å²) in [4.78, 5) is 13.1. The van der Waals surface area contributed by atoms with Crippen LogP contribution in [0.5, 0.6) is 0 Å². The van der Waals surface area contributed by atoms with Crippen molar-refractivity contribution >= 4 is 52.6 Å². The van der Waals surface area contributed by atoms with E-state index >= 15 is 0 Å². The van der Waals surface area contributed by atoms with E-state index < -0.39 is 18.4 Å². The second-order valence-electron chi connectivity index (χ2n) is 9.07. The molecule has 0 saturated carbocycles. The van der Waals surface area contributed by atoms with Crippen molar-refractivity contribution in [3.05, 3.63) is 139 Å². The van der Waals surface area contributed by atoms with Crippen LogP contribution < -0.4 is 0 Å². The summed E-state index contributed by atoms with van der Waals surface area (Å²) in [6.07, 6.45) is -1.95. The Morgan fingerprint density at radius 1 is 0.526 bits per heavy atom. The summed E-state index contributed by atoms with van der Waals surface area (Å²) in [5, 5.41) is 2.35. The third kappa shape index (κ3) is 7.24. The molecule has 0 bridgehead atoms. The molecule has 0 aliphatic rings. The van der Waals surface area contributed by atoms with Crippen LogP contribution in [0.3, 0.4) is 0 Å². The van der Waals surface area contributed by atoms with E-state index in [2.05, 4.69) is 0 Å². The number of rotatable bonds is 8. The van der Waals surface area contributed by atoms with Crippen LogP contribution in [0.1, 0.15) is 47.9 Å². The molecule has 0 N–H and O–H groups in total. The van der Waals surface area contributed by atoms with E-state index in [1.54, 1.807) is 24.3 Å². The van der Waals surface area contributed by atoms with Gasteiger partial charge in [-0.3, -0.25) is 0 Å². The van der Waals surface area contributed by atoms with Crippen LogP contribution in [-0.4, -0.2) is 18.4 Å². The minimum atomic E-state index is -0.784. The maximum Gasteiger partial charge on any atom is 0.508 e. The van der Waals surface area contributed by atoms with Crippen molar-refractivity contribution < 1.29 is 14.3 Å². The van der Waals surface area contributed by atoms with E-state index in [1.165, 1.54) is 0 Å². The smallest absolute Gasteiger partial charge is 0.430 e. The molecule has 0 aromatic heterocycles. The number of halogens is 4. The molecule has 3 nitrogen and oxygen atoms in total. The molecule has 2 atom stereocenters. The molecule has 0 fully saturated rings. The van der Waals surface area contributed by atoms with Gasteiger partial charge in [0, 0.05) is 31.9 Å². The first-order chi connectivity index (χ1) is 18.2. The lowest BCUT2D eigenvalue weighted by molar-refractivity contribution is -0.0000181. The van der Waals surface area contributed by atoms with Crippen LogP contribution in [0.25, 0.3) is 0 Å². The fourth-order valence-electron chi connectivity index (χ4n) is 4.74. The molecular weight excluding hydrogens is 562 g/mol. The van der Waals surface area contributed by atoms with Crippen molar-refractivity contribution in [2.45, 2.75) is 37.9 Å². The van der Waals surface area contributed by atoms with Gasteiger partial charge in [-0.05, 0) is 84.6 Å². The highest BCUT2D eigenvalue weighted by atomic mass is 35.5. The van der Waals surface area contributed by atoms with Crippen LogP contribution in [-0.2, 0) is 9.47 Å². The molecule has 196 valence electrons. The second kappa shape index (κ2) is 12.9. The van der Waals surface area contributed by atoms with E-state index in [0.717, 1.165) is 22.3 Å². The van der Waals surface area contributed by atoms with Gasteiger partial charge in [0.1, 0.15) is 12.2 Å². The van der Waals surface area contributed by atoms with Crippen LogP contribution >= 0.6 is 46.4 Å². The van der Waals surface area contributed by atoms with Crippen molar-refractivity contribution in [3.63, 3.8) is 0 Å². The Balaban J connectivity index is 1.58. The molecule has 0 heterocycles. The molecule has 38 heavy (non-hydrogen) atoms. The zero-order valence-electron chi connectivity index (χ0n) is 20.8. The highest BCUT2D eigenvalue weighted by Crippen LogP contribution is 2.35. The van der Waals surface area contributed by atoms with Gasteiger partial charge >= 0.3 is 6.16 Å². The normalized spacial score (nSPS) is 12.8. The molecule has 4 aromatic carbocycles. The summed E-state index contributed by atoms with van der Waals surface area (Å²) >= 11 is 25.1. The summed E-state index contributed by atoms with van der Waals surface area (Å²) in [6.45, 7) is 3.65. The number of benzene rings is 4. The molecular formula is C31H26Cl4O3. The van der Waals surface area contributed by atoms with Gasteiger partial charge in [0.2, 0.25) is 0 Å². The maximum absolute atomic E-state index is 13.1. The Hall–Kier alpha value is -2.69. The van der Waals surface area contributed by atoms with E-state index in [-0.39, 0.29) is 11.8 Å². The summed E-state index contributed by atoms with van der Waals surface area (Å²) < 4.78 is 11.7. The zero-order valence-corrected chi connectivity index (χ0v) is 23.8. The molecule has 0 amide bonds. The van der Waals surface area contributed by atoms with Gasteiger partial charge in [-0.1, -0.05) is 94.9 Å². The average Bonchev–Trinajstić information content (AvgIpc) is 2.84. The predicted octanol–water partition coefficient (Wildman–Crippen LogP) is 10.2. The summed E-state index contributed by atoms with van der Waals surface area (Å²) in [6, 6.07) is 29.9. The Morgan fingerprint density at radius 3 is 1.03 bits per heavy atom. The van der Waals surface area contributed by atoms with Crippen molar-refractivity contribution in [3.8, 4) is 0 Å². The van der Waals surface area contributed by atoms with Gasteiger partial charge < -0.3 is 9.47 Å². The topological polar surface area (TPSA) is 35.5 Å². The molecule has 0 radical (unpaired) electrons. The Labute approximate surface area is 243 Å². The fraction of sp³-hybridized carbons (Fsp3) is 0.194. The van der Waals surface area contributed by atoms with Crippen molar-refractivity contribution in [1.29, 1.82) is 0 Å². The molecule has 0 aliphatic heterocycles. The van der Waals surface area contributed by atoms with Crippen molar-refractivity contribution in [2.75, 3.05) is 0 Å². The number of carbonyl (C=O) groups is 1. The highest BCUT2D eigenvalue weighted by molar-refractivity contribution is 6.31. The van der Waals surface area contributed by atoms with Gasteiger partial charge in [0.15, 0.2) is 0 Å².